The Kier molecular flexibility index (Phi) is 15.8. The van der Waals surface area contributed by atoms with E-state index in [-0.39, 0.29) is 0 Å². The normalized spacial score (nSPS) is 14.3. The number of quaternary nitrogens is 2. The molecule has 310 valence electrons. The van der Waals surface area contributed by atoms with Gasteiger partial charge in [-0.05, 0) is 171 Å². The molecule has 6 rings (SSSR count). The highest BCUT2D eigenvalue weighted by Gasteiger charge is 2.27. The lowest BCUT2D eigenvalue weighted by Crippen LogP contribution is -2.70. The zero-order valence-corrected chi connectivity index (χ0v) is 35.8. The molecule has 1 aliphatic rings. The Morgan fingerprint density at radius 1 is 0.525 bits per heavy atom. The molecule has 0 amide bonds. The summed E-state index contributed by atoms with van der Waals surface area (Å²) in [5, 5.41) is 7.53. The van der Waals surface area contributed by atoms with Crippen molar-refractivity contribution in [3.63, 3.8) is 0 Å². The van der Waals surface area contributed by atoms with E-state index in [9.17, 15) is 0 Å². The van der Waals surface area contributed by atoms with Gasteiger partial charge in [0, 0.05) is 35.4 Å². The Bertz CT molecular complexity index is 2470. The number of allylic oxidation sites excluding steroid dienone is 12. The molecule has 5 aromatic rings. The highest BCUT2D eigenvalue weighted by atomic mass is 16.5. The van der Waals surface area contributed by atoms with Gasteiger partial charge in [-0.15, -0.1) is 0 Å². The minimum absolute atomic E-state index is 0.726. The third-order valence-corrected chi connectivity index (χ3v) is 9.92. The molecule has 0 spiro atoms. The van der Waals surface area contributed by atoms with Gasteiger partial charge in [0.25, 0.3) is 0 Å². The van der Waals surface area contributed by atoms with Crippen molar-refractivity contribution >= 4 is 22.7 Å². The summed E-state index contributed by atoms with van der Waals surface area (Å²) in [6, 6.07) is 39.8. The van der Waals surface area contributed by atoms with E-state index in [1.54, 1.807) is 14.2 Å². The second-order valence-corrected chi connectivity index (χ2v) is 14.0. The van der Waals surface area contributed by atoms with Gasteiger partial charge in [-0.3, -0.25) is 10.6 Å². The Morgan fingerprint density at radius 2 is 0.967 bits per heavy atom. The Balaban J connectivity index is 0.951. The molecule has 5 N–H and O–H groups in total. The number of nitrogens with two attached hydrogens (primary N) is 2. The molecule has 61 heavy (non-hydrogen) atoms. The van der Waals surface area contributed by atoms with E-state index in [4.69, 9.17) is 18.9 Å². The summed E-state index contributed by atoms with van der Waals surface area (Å²) in [6.45, 7) is 9.13. The van der Waals surface area contributed by atoms with Crippen molar-refractivity contribution in [2.75, 3.05) is 31.0 Å². The zero-order chi connectivity index (χ0) is 42.8. The van der Waals surface area contributed by atoms with Gasteiger partial charge in [0.15, 0.2) is 0 Å². The fourth-order valence-electron chi connectivity index (χ4n) is 6.50. The van der Waals surface area contributed by atoms with Crippen LogP contribution in [0.25, 0.3) is 0 Å². The molecule has 1 fully saturated rings. The fourth-order valence-corrected chi connectivity index (χ4v) is 6.50. The van der Waals surface area contributed by atoms with Crippen LogP contribution in [-0.2, 0) is 0 Å². The Labute approximate surface area is 360 Å². The predicted molar refractivity (Wildman–Crippen MR) is 250 cm³/mol. The number of ether oxygens (including phenoxy) is 4. The number of rotatable bonds is 19. The minimum atomic E-state index is 0.726. The van der Waals surface area contributed by atoms with Crippen LogP contribution in [0.1, 0.15) is 27.7 Å². The van der Waals surface area contributed by atoms with E-state index in [0.29, 0.717) is 0 Å². The van der Waals surface area contributed by atoms with Crippen LogP contribution < -0.4 is 39.8 Å². The van der Waals surface area contributed by atoms with Crippen LogP contribution in [-0.4, -0.2) is 20.8 Å². The lowest BCUT2D eigenvalue weighted by molar-refractivity contribution is -0.496. The molecule has 0 aromatic heterocycles. The molecule has 8 nitrogen and oxygen atoms in total. The fraction of sp³-hybridized carbons (Fsp3) is 0.132. The standard InChI is InChI=1S/C53H54N4O4/c1-7-39(40(8-2)30-33-55-44-13-11-15-52(36-44)58-5)29-32-54-43-17-21-48(22-18-43)60-50-25-27-51(28-26-50)61-49-23-19-46(20-24-49)57-38-47(57)35-42(10-4)41(9-3)31-34-56-45-14-12-16-53(37-45)59-6/h7-37,54-56H,38H2,1-6H3/p+2/b32-29-,33-30-,34-31-,39-7+,40-8+,41-9+,42-10+,47-35?. The SMILES string of the molecule is C/C=C(C=C1CN1c1ccc(Oc2ccc(Oc3ccc(N\C=C/C(=C\C)C(/C=C\[NH2+]c4cccc(OC)c4)=C/C)cc3)cc2)cc1)/C(/C=C\[NH2+]c1cccc(OC)c1)=C/C. The molecule has 0 unspecified atom stereocenters. The van der Waals surface area contributed by atoms with E-state index < -0.39 is 0 Å². The first-order valence-corrected chi connectivity index (χ1v) is 20.5. The zero-order valence-electron chi connectivity index (χ0n) is 35.8. The quantitative estimate of drug-likeness (QED) is 0.0437. The summed E-state index contributed by atoms with van der Waals surface area (Å²) in [6.07, 6.45) is 23.2. The molecular formula is C53H56N4O4+2. The molecule has 8 heteroatoms. The second-order valence-electron chi connectivity index (χ2n) is 14.0. The number of methoxy groups -OCH3 is 2. The molecule has 5 aromatic carbocycles. The van der Waals surface area contributed by atoms with E-state index in [2.05, 4.69) is 120 Å². The molecular weight excluding hydrogens is 757 g/mol. The van der Waals surface area contributed by atoms with Gasteiger partial charge in [-0.25, -0.2) is 0 Å². The van der Waals surface area contributed by atoms with E-state index >= 15 is 0 Å². The summed E-state index contributed by atoms with van der Waals surface area (Å²) < 4.78 is 23.0. The molecule has 0 radical (unpaired) electrons. The van der Waals surface area contributed by atoms with E-state index in [0.717, 1.165) is 74.9 Å². The molecule has 1 aliphatic heterocycles. The van der Waals surface area contributed by atoms with Crippen molar-refractivity contribution < 1.29 is 29.6 Å². The van der Waals surface area contributed by atoms with Crippen LogP contribution in [0.15, 0.2) is 217 Å². The van der Waals surface area contributed by atoms with E-state index in [1.165, 1.54) is 16.8 Å². The topological polar surface area (TPSA) is 85.2 Å². The molecule has 0 saturated carbocycles. The number of nitrogens with zero attached hydrogens (tertiary/aromatic N) is 1. The molecule has 0 bridgehead atoms. The number of benzene rings is 5. The maximum Gasteiger partial charge on any atom is 0.137 e. The average molecular weight is 813 g/mol. The highest BCUT2D eigenvalue weighted by Crippen LogP contribution is 2.35. The lowest BCUT2D eigenvalue weighted by Gasteiger charge is -2.10. The number of hydrogen-bond donors (Lipinski definition) is 3. The van der Waals surface area contributed by atoms with Gasteiger partial charge >= 0.3 is 0 Å². The van der Waals surface area contributed by atoms with Crippen molar-refractivity contribution in [1.29, 1.82) is 0 Å². The van der Waals surface area contributed by atoms with Crippen molar-refractivity contribution in [2.45, 2.75) is 27.7 Å². The van der Waals surface area contributed by atoms with Gasteiger partial charge in [0.1, 0.15) is 45.9 Å². The Morgan fingerprint density at radius 3 is 1.44 bits per heavy atom. The minimum Gasteiger partial charge on any atom is -0.497 e. The molecule has 1 saturated heterocycles. The van der Waals surface area contributed by atoms with Crippen LogP contribution in [0.3, 0.4) is 0 Å². The average Bonchev–Trinajstić information content (AvgIpc) is 4.08. The third-order valence-electron chi connectivity index (χ3n) is 9.92. The number of anilines is 2. The first-order chi connectivity index (χ1) is 29.9. The third kappa shape index (κ3) is 12.9. The van der Waals surface area contributed by atoms with Gasteiger partial charge < -0.3 is 29.2 Å². The number of hydrogen-bond acceptors (Lipinski definition) is 6. The second kappa shape index (κ2) is 22.2. The van der Waals surface area contributed by atoms with Crippen molar-refractivity contribution in [3.05, 3.63) is 217 Å². The van der Waals surface area contributed by atoms with Crippen molar-refractivity contribution in [1.82, 2.24) is 0 Å². The summed E-state index contributed by atoms with van der Waals surface area (Å²) in [7, 11) is 3.36. The first-order valence-electron chi connectivity index (χ1n) is 20.5. The van der Waals surface area contributed by atoms with Crippen LogP contribution in [0.2, 0.25) is 0 Å². The molecule has 1 heterocycles. The first kappa shape index (κ1) is 43.3. The van der Waals surface area contributed by atoms with Crippen LogP contribution >= 0.6 is 0 Å². The van der Waals surface area contributed by atoms with Crippen LogP contribution in [0.4, 0.5) is 22.7 Å². The van der Waals surface area contributed by atoms with Crippen molar-refractivity contribution in [2.24, 2.45) is 0 Å². The molecule has 0 aliphatic carbocycles. The van der Waals surface area contributed by atoms with Gasteiger partial charge in [-0.2, -0.15) is 0 Å². The van der Waals surface area contributed by atoms with Crippen LogP contribution in [0, 0.1) is 0 Å². The van der Waals surface area contributed by atoms with Gasteiger partial charge in [0.2, 0.25) is 0 Å². The smallest absolute Gasteiger partial charge is 0.137 e. The number of nitrogens with one attached hydrogen (secondary N) is 1. The largest absolute Gasteiger partial charge is 0.497 e. The maximum absolute atomic E-state index is 6.17. The molecule has 0 atom stereocenters. The van der Waals surface area contributed by atoms with Gasteiger partial charge in [-0.1, -0.05) is 36.4 Å². The lowest BCUT2D eigenvalue weighted by atomic mass is 10.1. The Hall–Kier alpha value is -7.26. The summed E-state index contributed by atoms with van der Waals surface area (Å²) in [5.74, 6) is 4.67. The maximum atomic E-state index is 6.17. The summed E-state index contributed by atoms with van der Waals surface area (Å²) in [5.41, 5.74) is 10.1. The summed E-state index contributed by atoms with van der Waals surface area (Å²) >= 11 is 0. The van der Waals surface area contributed by atoms with Crippen molar-refractivity contribution in [3.8, 4) is 34.5 Å². The summed E-state index contributed by atoms with van der Waals surface area (Å²) in [4.78, 5) is 2.29. The van der Waals surface area contributed by atoms with Crippen LogP contribution in [0.5, 0.6) is 34.5 Å². The predicted octanol–water partition coefficient (Wildman–Crippen LogP) is 11.5. The monoisotopic (exact) mass is 812 g/mol. The van der Waals surface area contributed by atoms with Gasteiger partial charge in [0.05, 0.1) is 33.2 Å². The van der Waals surface area contributed by atoms with E-state index in [1.807, 2.05) is 117 Å². The highest BCUT2D eigenvalue weighted by molar-refractivity contribution is 5.66.